The molecule has 26 heavy (non-hydrogen) atoms. The number of nitrogens with one attached hydrogen (secondary N) is 2. The first-order valence-electron chi connectivity index (χ1n) is 8.05. The van der Waals surface area contributed by atoms with Gasteiger partial charge in [0.05, 0.1) is 0 Å². The quantitative estimate of drug-likeness (QED) is 0.450. The maximum Gasteiger partial charge on any atom is 0.326 e. The van der Waals surface area contributed by atoms with Crippen LogP contribution >= 0.6 is 0 Å². The van der Waals surface area contributed by atoms with Gasteiger partial charge in [-0.25, -0.2) is 9.18 Å². The number of carbonyl (C=O) groups is 2. The molecule has 132 valence electrons. The molecule has 1 heterocycles. The van der Waals surface area contributed by atoms with E-state index in [0.29, 0.717) is 5.56 Å². The second-order valence-corrected chi connectivity index (χ2v) is 5.83. The van der Waals surface area contributed by atoms with Gasteiger partial charge in [0.1, 0.15) is 11.9 Å². The molecule has 3 aromatic rings. The van der Waals surface area contributed by atoms with Gasteiger partial charge in [-0.2, -0.15) is 0 Å². The fourth-order valence-corrected chi connectivity index (χ4v) is 2.69. The summed E-state index contributed by atoms with van der Waals surface area (Å²) in [6.45, 7) is 0. The maximum absolute atomic E-state index is 12.9. The van der Waals surface area contributed by atoms with Crippen molar-refractivity contribution in [2.24, 2.45) is 0 Å². The van der Waals surface area contributed by atoms with Crippen LogP contribution in [0.15, 0.2) is 67.0 Å². The summed E-state index contributed by atoms with van der Waals surface area (Å²) >= 11 is 0. The van der Waals surface area contributed by atoms with Crippen LogP contribution in [0.1, 0.15) is 15.9 Å². The van der Waals surface area contributed by atoms with Gasteiger partial charge in [0.25, 0.3) is 0 Å². The molecule has 0 aliphatic rings. The van der Waals surface area contributed by atoms with Gasteiger partial charge in [0.15, 0.2) is 5.78 Å². The fourth-order valence-electron chi connectivity index (χ4n) is 2.69. The number of carboxylic acids is 1. The van der Waals surface area contributed by atoms with Gasteiger partial charge in [-0.15, -0.1) is 0 Å². The molecule has 3 N–H and O–H groups in total. The number of carbonyl (C=O) groups excluding carboxylic acids is 1. The maximum atomic E-state index is 12.9. The Morgan fingerprint density at radius 1 is 1.15 bits per heavy atom. The zero-order chi connectivity index (χ0) is 18.5. The lowest BCUT2D eigenvalue weighted by atomic mass is 10.1. The van der Waals surface area contributed by atoms with Gasteiger partial charge < -0.3 is 15.4 Å². The number of fused-ring (bicyclic) bond motifs is 1. The van der Waals surface area contributed by atoms with Gasteiger partial charge in [-0.1, -0.05) is 18.2 Å². The zero-order valence-electron chi connectivity index (χ0n) is 13.8. The van der Waals surface area contributed by atoms with Crippen LogP contribution in [0.2, 0.25) is 0 Å². The third kappa shape index (κ3) is 3.97. The van der Waals surface area contributed by atoms with E-state index < -0.39 is 17.8 Å². The molecule has 0 amide bonds. The predicted molar refractivity (Wildman–Crippen MR) is 96.4 cm³/mol. The highest BCUT2D eigenvalue weighted by atomic mass is 19.1. The summed E-state index contributed by atoms with van der Waals surface area (Å²) in [6, 6.07) is 11.9. The summed E-state index contributed by atoms with van der Waals surface area (Å²) in [5, 5.41) is 13.1. The number of ketones is 1. The van der Waals surface area contributed by atoms with Crippen molar-refractivity contribution >= 4 is 22.7 Å². The van der Waals surface area contributed by atoms with Crippen molar-refractivity contribution in [2.45, 2.75) is 12.5 Å². The zero-order valence-corrected chi connectivity index (χ0v) is 13.8. The summed E-state index contributed by atoms with van der Waals surface area (Å²) in [7, 11) is 0. The number of carboxylic acid groups (broad SMARTS) is 1. The van der Waals surface area contributed by atoms with Crippen molar-refractivity contribution in [3.63, 3.8) is 0 Å². The molecular formula is C20H17FN2O3. The van der Waals surface area contributed by atoms with Crippen molar-refractivity contribution in [2.75, 3.05) is 0 Å². The first-order valence-corrected chi connectivity index (χ1v) is 8.05. The van der Waals surface area contributed by atoms with Gasteiger partial charge >= 0.3 is 5.97 Å². The van der Waals surface area contributed by atoms with Crippen molar-refractivity contribution in [1.29, 1.82) is 0 Å². The average molecular weight is 352 g/mol. The molecule has 0 saturated carbocycles. The van der Waals surface area contributed by atoms with E-state index in [1.807, 2.05) is 24.3 Å². The summed E-state index contributed by atoms with van der Waals surface area (Å²) in [5.41, 5.74) is 2.14. The second kappa shape index (κ2) is 7.65. The highest BCUT2D eigenvalue weighted by molar-refractivity contribution is 6.04. The second-order valence-electron chi connectivity index (χ2n) is 5.83. The van der Waals surface area contributed by atoms with E-state index in [2.05, 4.69) is 10.3 Å². The highest BCUT2D eigenvalue weighted by Crippen LogP contribution is 2.19. The summed E-state index contributed by atoms with van der Waals surface area (Å²) in [6.07, 6.45) is 4.60. The molecule has 2 aromatic carbocycles. The number of benzene rings is 2. The van der Waals surface area contributed by atoms with Crippen LogP contribution in [0.3, 0.4) is 0 Å². The first kappa shape index (κ1) is 17.4. The van der Waals surface area contributed by atoms with Gasteiger partial charge in [-0.3, -0.25) is 4.79 Å². The number of rotatable bonds is 7. The lowest BCUT2D eigenvalue weighted by Gasteiger charge is -2.12. The van der Waals surface area contributed by atoms with Crippen molar-refractivity contribution in [1.82, 2.24) is 10.3 Å². The molecule has 0 spiro atoms. The number of hydrogen-bond donors (Lipinski definition) is 3. The third-order valence-corrected chi connectivity index (χ3v) is 4.06. The molecule has 0 aliphatic carbocycles. The number of para-hydroxylation sites is 1. The van der Waals surface area contributed by atoms with Gasteiger partial charge in [0.2, 0.25) is 0 Å². The molecule has 0 unspecified atom stereocenters. The van der Waals surface area contributed by atoms with Crippen molar-refractivity contribution in [3.05, 3.63) is 83.9 Å². The van der Waals surface area contributed by atoms with E-state index in [1.54, 1.807) is 6.20 Å². The van der Waals surface area contributed by atoms with Crippen LogP contribution in [0.4, 0.5) is 4.39 Å². The Balaban J connectivity index is 1.68. The molecule has 1 atom stereocenters. The number of hydrogen-bond acceptors (Lipinski definition) is 3. The largest absolute Gasteiger partial charge is 0.480 e. The smallest absolute Gasteiger partial charge is 0.326 e. The Kier molecular flexibility index (Phi) is 5.12. The Hall–Kier alpha value is -3.41. The van der Waals surface area contributed by atoms with Crippen molar-refractivity contribution < 1.29 is 19.1 Å². The van der Waals surface area contributed by atoms with Crippen LogP contribution in [-0.4, -0.2) is 27.9 Å². The molecule has 0 saturated heterocycles. The Bertz CT molecular complexity index is 961. The van der Waals surface area contributed by atoms with E-state index >= 15 is 0 Å². The minimum Gasteiger partial charge on any atom is -0.480 e. The molecule has 3 rings (SSSR count). The van der Waals surface area contributed by atoms with E-state index in [9.17, 15) is 19.1 Å². The van der Waals surface area contributed by atoms with Crippen LogP contribution < -0.4 is 5.32 Å². The molecule has 0 radical (unpaired) electrons. The monoisotopic (exact) mass is 352 g/mol. The van der Waals surface area contributed by atoms with Crippen LogP contribution in [0.5, 0.6) is 0 Å². The average Bonchev–Trinajstić information content (AvgIpc) is 3.04. The molecule has 0 bridgehead atoms. The SMILES string of the molecule is O=C(/C=C/N[C@@H](Cc1c[nH]c2ccccc12)C(=O)O)c1ccc(F)cc1. The third-order valence-electron chi connectivity index (χ3n) is 4.06. The fraction of sp³-hybridized carbons (Fsp3) is 0.100. The molecule has 0 aliphatic heterocycles. The minimum absolute atomic E-state index is 0.258. The standard InChI is InChI=1S/C20H17FN2O3/c21-15-7-5-13(6-8-15)19(24)9-10-22-18(20(25)26)11-14-12-23-17-4-2-1-3-16(14)17/h1-10,12,18,22-23H,11H2,(H,25,26)/b10-9+/t18-/m0/s1. The van der Waals surface area contributed by atoms with Crippen LogP contribution in [0.25, 0.3) is 10.9 Å². The van der Waals surface area contributed by atoms with E-state index in [-0.39, 0.29) is 12.2 Å². The first-order chi connectivity index (χ1) is 12.5. The molecular weight excluding hydrogens is 335 g/mol. The highest BCUT2D eigenvalue weighted by Gasteiger charge is 2.18. The summed E-state index contributed by atoms with van der Waals surface area (Å²) < 4.78 is 12.9. The molecule has 6 heteroatoms. The Labute approximate surface area is 149 Å². The van der Waals surface area contributed by atoms with Crippen LogP contribution in [0, 0.1) is 5.82 Å². The topological polar surface area (TPSA) is 82.2 Å². The number of aliphatic carboxylic acids is 1. The molecule has 1 aromatic heterocycles. The van der Waals surface area contributed by atoms with Gasteiger partial charge in [0, 0.05) is 41.4 Å². The van der Waals surface area contributed by atoms with E-state index in [0.717, 1.165) is 16.5 Å². The lowest BCUT2D eigenvalue weighted by molar-refractivity contribution is -0.139. The number of halogens is 1. The number of aromatic amines is 1. The van der Waals surface area contributed by atoms with Crippen molar-refractivity contribution in [3.8, 4) is 0 Å². The van der Waals surface area contributed by atoms with E-state index in [4.69, 9.17) is 0 Å². The minimum atomic E-state index is -1.02. The van der Waals surface area contributed by atoms with Gasteiger partial charge in [-0.05, 0) is 35.9 Å². The van der Waals surface area contributed by atoms with E-state index in [1.165, 1.54) is 36.5 Å². The van der Waals surface area contributed by atoms with Crippen LogP contribution in [-0.2, 0) is 11.2 Å². The predicted octanol–water partition coefficient (Wildman–Crippen LogP) is 3.29. The lowest BCUT2D eigenvalue weighted by Crippen LogP contribution is -2.35. The number of allylic oxidation sites excluding steroid dienone is 1. The normalized spacial score (nSPS) is 12.3. The molecule has 5 nitrogen and oxygen atoms in total. The Morgan fingerprint density at radius 3 is 2.62 bits per heavy atom. The summed E-state index contributed by atoms with van der Waals surface area (Å²) in [4.78, 5) is 26.6. The number of aromatic nitrogens is 1. The Morgan fingerprint density at radius 2 is 1.88 bits per heavy atom. The molecule has 0 fully saturated rings. The summed E-state index contributed by atoms with van der Waals surface area (Å²) in [5.74, 6) is -1.78. The number of H-pyrrole nitrogens is 1.